The van der Waals surface area contributed by atoms with Crippen molar-refractivity contribution in [3.05, 3.63) is 45.1 Å². The zero-order valence-corrected chi connectivity index (χ0v) is 22.2. The first-order chi connectivity index (χ1) is 17.1. The lowest BCUT2D eigenvalue weighted by molar-refractivity contribution is -0.385. The van der Waals surface area contributed by atoms with Crippen molar-refractivity contribution in [2.45, 2.75) is 59.2 Å². The minimum atomic E-state index is -0.992. The second kappa shape index (κ2) is 9.71. The van der Waals surface area contributed by atoms with Crippen molar-refractivity contribution in [1.82, 2.24) is 14.7 Å². The molecular weight excluding hydrogens is 484 g/mol. The van der Waals surface area contributed by atoms with Crippen molar-refractivity contribution in [2.24, 2.45) is 0 Å². The number of ether oxygens (including phenoxy) is 2. The van der Waals surface area contributed by atoms with E-state index >= 15 is 0 Å². The van der Waals surface area contributed by atoms with Crippen LogP contribution in [0.2, 0.25) is 0 Å². The van der Waals surface area contributed by atoms with Gasteiger partial charge in [-0.2, -0.15) is 5.10 Å². The highest BCUT2D eigenvalue weighted by Crippen LogP contribution is 2.42. The van der Waals surface area contributed by atoms with E-state index in [2.05, 4.69) is 10.4 Å². The number of nitrogens with one attached hydrogen (secondary N) is 1. The topological polar surface area (TPSA) is 149 Å². The lowest BCUT2D eigenvalue weighted by Crippen LogP contribution is -2.44. The van der Waals surface area contributed by atoms with Gasteiger partial charge in [0.25, 0.3) is 11.6 Å². The molecule has 1 aromatic heterocycles. The van der Waals surface area contributed by atoms with Crippen molar-refractivity contribution in [2.75, 3.05) is 30.9 Å². The number of benzene rings is 1. The Balaban J connectivity index is 2.07. The van der Waals surface area contributed by atoms with Crippen molar-refractivity contribution in [3.63, 3.8) is 0 Å². The van der Waals surface area contributed by atoms with Crippen LogP contribution in [0.15, 0.2) is 18.2 Å². The van der Waals surface area contributed by atoms with Crippen LogP contribution in [-0.4, -0.2) is 64.0 Å². The summed E-state index contributed by atoms with van der Waals surface area (Å²) in [6, 6.07) is 4.20. The molecule has 0 fully saturated rings. The molecule has 2 amide bonds. The lowest BCUT2D eigenvalue weighted by Gasteiger charge is -2.33. The van der Waals surface area contributed by atoms with Crippen molar-refractivity contribution >= 4 is 35.3 Å². The smallest absolute Gasteiger partial charge is 0.436 e. The van der Waals surface area contributed by atoms with E-state index in [9.17, 15) is 24.5 Å². The maximum absolute atomic E-state index is 13.3. The molecule has 0 unspecified atom stereocenters. The van der Waals surface area contributed by atoms with Crippen LogP contribution in [0.1, 0.15) is 63.2 Å². The van der Waals surface area contributed by atoms with Gasteiger partial charge in [0.05, 0.1) is 29.3 Å². The number of carbonyl (C=O) groups is 3. The van der Waals surface area contributed by atoms with Crippen LogP contribution in [0.5, 0.6) is 0 Å². The van der Waals surface area contributed by atoms with Crippen molar-refractivity contribution in [1.29, 1.82) is 0 Å². The summed E-state index contributed by atoms with van der Waals surface area (Å²) in [5, 5.41) is 18.7. The van der Waals surface area contributed by atoms with Crippen LogP contribution in [0, 0.1) is 10.1 Å². The Bertz CT molecular complexity index is 1260. The molecule has 0 saturated carbocycles. The van der Waals surface area contributed by atoms with Gasteiger partial charge in [-0.15, -0.1) is 4.68 Å². The number of aromatic nitrogens is 2. The summed E-state index contributed by atoms with van der Waals surface area (Å²) in [5.74, 6) is -0.859. The van der Waals surface area contributed by atoms with Crippen LogP contribution in [0.3, 0.4) is 0 Å². The van der Waals surface area contributed by atoms with Gasteiger partial charge in [0.1, 0.15) is 17.0 Å². The van der Waals surface area contributed by atoms with Gasteiger partial charge in [0, 0.05) is 31.4 Å². The quantitative estimate of drug-likeness (QED) is 0.458. The molecule has 1 N–H and O–H groups in total. The summed E-state index contributed by atoms with van der Waals surface area (Å²) in [7, 11) is 3.44. The molecular formula is C24H32N6O7. The Kier molecular flexibility index (Phi) is 7.20. The first kappa shape index (κ1) is 27.4. The van der Waals surface area contributed by atoms with E-state index in [1.165, 1.54) is 17.0 Å². The van der Waals surface area contributed by atoms with Gasteiger partial charge in [-0.3, -0.25) is 19.8 Å². The minimum Gasteiger partial charge on any atom is -0.448 e. The van der Waals surface area contributed by atoms with Gasteiger partial charge in [0.2, 0.25) is 0 Å². The molecule has 1 aliphatic rings. The summed E-state index contributed by atoms with van der Waals surface area (Å²) < 4.78 is 11.5. The standard InChI is InChI=1S/C24H32N6O7/c1-9-36-22(33)29-19(25-20(31)15-11-10-14(27(7)8)12-17(15)30(34)35)16-13-28(21(32)37-23(2,3)4)24(5,6)18(16)26-29/h10-12H,9,13H2,1-8H3,(H,25,31). The third-order valence-electron chi connectivity index (χ3n) is 5.78. The van der Waals surface area contributed by atoms with Gasteiger partial charge in [-0.1, -0.05) is 0 Å². The number of hydrogen-bond donors (Lipinski definition) is 1. The van der Waals surface area contributed by atoms with E-state index in [4.69, 9.17) is 9.47 Å². The summed E-state index contributed by atoms with van der Waals surface area (Å²) in [4.78, 5) is 53.1. The summed E-state index contributed by atoms with van der Waals surface area (Å²) in [6.45, 7) is 10.4. The van der Waals surface area contributed by atoms with Crippen LogP contribution in [0.4, 0.5) is 26.8 Å². The number of hydrogen-bond acceptors (Lipinski definition) is 9. The first-order valence-corrected chi connectivity index (χ1v) is 11.7. The van der Waals surface area contributed by atoms with Crippen molar-refractivity contribution < 1.29 is 28.8 Å². The van der Waals surface area contributed by atoms with E-state index in [0.717, 1.165) is 4.68 Å². The molecule has 0 saturated heterocycles. The Labute approximate surface area is 214 Å². The van der Waals surface area contributed by atoms with Crippen LogP contribution >= 0.6 is 0 Å². The molecule has 2 heterocycles. The van der Waals surface area contributed by atoms with E-state index in [1.807, 2.05) is 0 Å². The fourth-order valence-corrected chi connectivity index (χ4v) is 3.95. The largest absolute Gasteiger partial charge is 0.448 e. The molecule has 0 atom stereocenters. The maximum Gasteiger partial charge on any atom is 0.436 e. The second-order valence-corrected chi connectivity index (χ2v) is 10.2. The van der Waals surface area contributed by atoms with Gasteiger partial charge >= 0.3 is 12.2 Å². The Morgan fingerprint density at radius 3 is 2.41 bits per heavy atom. The Morgan fingerprint density at radius 1 is 1.22 bits per heavy atom. The summed E-state index contributed by atoms with van der Waals surface area (Å²) in [5.41, 5.74) is -1.05. The fourth-order valence-electron chi connectivity index (χ4n) is 3.95. The fraction of sp³-hybridized carbons (Fsp3) is 0.500. The number of anilines is 2. The number of nitrogens with zero attached hydrogens (tertiary/aromatic N) is 5. The Morgan fingerprint density at radius 2 is 1.86 bits per heavy atom. The maximum atomic E-state index is 13.3. The van der Waals surface area contributed by atoms with Gasteiger partial charge in [-0.25, -0.2) is 9.59 Å². The molecule has 1 aliphatic heterocycles. The zero-order valence-electron chi connectivity index (χ0n) is 22.2. The molecule has 3 rings (SSSR count). The SMILES string of the molecule is CCOC(=O)n1nc2c(c1NC(=O)c1ccc(N(C)C)cc1[N+](=O)[O-])CN(C(=O)OC(C)(C)C)C2(C)C. The minimum absolute atomic E-state index is 0.0199. The molecule has 0 aliphatic carbocycles. The molecule has 37 heavy (non-hydrogen) atoms. The highest BCUT2D eigenvalue weighted by atomic mass is 16.6. The van der Waals surface area contributed by atoms with Gasteiger partial charge in [0.15, 0.2) is 0 Å². The van der Waals surface area contributed by atoms with E-state index in [-0.39, 0.29) is 24.5 Å². The number of rotatable bonds is 5. The number of carbonyl (C=O) groups excluding carboxylic acids is 3. The highest BCUT2D eigenvalue weighted by Gasteiger charge is 2.47. The van der Waals surface area contributed by atoms with E-state index in [0.29, 0.717) is 16.9 Å². The predicted molar refractivity (Wildman–Crippen MR) is 135 cm³/mol. The third-order valence-corrected chi connectivity index (χ3v) is 5.78. The monoisotopic (exact) mass is 516 g/mol. The predicted octanol–water partition coefficient (Wildman–Crippen LogP) is 4.10. The highest BCUT2D eigenvalue weighted by molar-refractivity contribution is 6.08. The third kappa shape index (κ3) is 5.34. The van der Waals surface area contributed by atoms with Gasteiger partial charge in [-0.05, 0) is 53.7 Å². The number of nitro benzene ring substituents is 1. The van der Waals surface area contributed by atoms with Gasteiger partial charge < -0.3 is 19.7 Å². The lowest BCUT2D eigenvalue weighted by atomic mass is 10.0. The normalized spacial score (nSPS) is 14.1. The molecule has 13 heteroatoms. The Hall–Kier alpha value is -4.16. The van der Waals surface area contributed by atoms with E-state index in [1.54, 1.807) is 66.6 Å². The number of fused-ring (bicyclic) bond motifs is 1. The second-order valence-electron chi connectivity index (χ2n) is 10.2. The molecule has 1 aromatic carbocycles. The van der Waals surface area contributed by atoms with Crippen LogP contribution < -0.4 is 10.2 Å². The number of nitro groups is 1. The van der Waals surface area contributed by atoms with Crippen LogP contribution in [0.25, 0.3) is 0 Å². The average molecular weight is 517 g/mol. The first-order valence-electron chi connectivity index (χ1n) is 11.7. The zero-order chi connectivity index (χ0) is 27.9. The number of amides is 2. The molecule has 0 spiro atoms. The molecule has 200 valence electrons. The van der Waals surface area contributed by atoms with E-state index < -0.39 is 39.8 Å². The summed E-state index contributed by atoms with van der Waals surface area (Å²) >= 11 is 0. The molecule has 13 nitrogen and oxygen atoms in total. The van der Waals surface area contributed by atoms with Crippen molar-refractivity contribution in [3.8, 4) is 0 Å². The molecule has 0 bridgehead atoms. The van der Waals surface area contributed by atoms with Crippen LogP contribution in [-0.2, 0) is 21.6 Å². The average Bonchev–Trinajstić information content (AvgIpc) is 3.26. The molecule has 2 aromatic rings. The molecule has 0 radical (unpaired) electrons. The summed E-state index contributed by atoms with van der Waals surface area (Å²) in [6.07, 6.45) is -1.44.